The number of rotatable bonds is 6. The molecule has 84 valence electrons. The Morgan fingerprint density at radius 2 is 2.27 bits per heavy atom. The first-order valence-electron chi connectivity index (χ1n) is 4.58. The first-order chi connectivity index (χ1) is 7.15. The summed E-state index contributed by atoms with van der Waals surface area (Å²) in [6.45, 7) is 2.73. The number of hydrogen-bond acceptors (Lipinski definition) is 4. The van der Waals surface area contributed by atoms with Crippen molar-refractivity contribution in [1.29, 1.82) is 0 Å². The summed E-state index contributed by atoms with van der Waals surface area (Å²) in [7, 11) is 1.59. The predicted octanol–water partition coefficient (Wildman–Crippen LogP) is 1.70. The van der Waals surface area contributed by atoms with Crippen molar-refractivity contribution in [3.8, 4) is 0 Å². The van der Waals surface area contributed by atoms with Crippen LogP contribution >= 0.6 is 0 Å². The highest BCUT2D eigenvalue weighted by Crippen LogP contribution is 2.19. The van der Waals surface area contributed by atoms with Crippen molar-refractivity contribution in [3.63, 3.8) is 0 Å². The fourth-order valence-corrected chi connectivity index (χ4v) is 1.08. The quantitative estimate of drug-likeness (QED) is 0.730. The number of carboxylic acid groups (broad SMARTS) is 1. The van der Waals surface area contributed by atoms with Gasteiger partial charge >= 0.3 is 5.97 Å². The molecule has 0 saturated heterocycles. The number of carbonyl (C=O) groups is 1. The molecule has 5 heteroatoms. The molecule has 1 aromatic heterocycles. The third-order valence-electron chi connectivity index (χ3n) is 1.89. The Hall–Kier alpha value is -1.33. The van der Waals surface area contributed by atoms with Gasteiger partial charge in [0.15, 0.2) is 0 Å². The lowest BCUT2D eigenvalue weighted by molar-refractivity contribution is 0.0147. The van der Waals surface area contributed by atoms with Gasteiger partial charge in [0, 0.05) is 7.11 Å². The average Bonchev–Trinajstić information content (AvgIpc) is 2.66. The van der Waals surface area contributed by atoms with E-state index in [2.05, 4.69) is 0 Å². The molecule has 0 amide bonds. The molecule has 0 saturated carbocycles. The van der Waals surface area contributed by atoms with Crippen LogP contribution in [0.5, 0.6) is 0 Å². The predicted molar refractivity (Wildman–Crippen MR) is 51.9 cm³/mol. The van der Waals surface area contributed by atoms with Crippen LogP contribution in [0.25, 0.3) is 0 Å². The molecule has 0 aliphatic carbocycles. The molecule has 0 aromatic carbocycles. The van der Waals surface area contributed by atoms with Crippen LogP contribution in [0, 0.1) is 0 Å². The Labute approximate surface area is 87.6 Å². The zero-order chi connectivity index (χ0) is 11.3. The topological polar surface area (TPSA) is 68.9 Å². The average molecular weight is 214 g/mol. The van der Waals surface area contributed by atoms with Gasteiger partial charge in [-0.2, -0.15) is 0 Å². The minimum Gasteiger partial charge on any atom is -0.475 e. The van der Waals surface area contributed by atoms with E-state index in [1.807, 2.05) is 0 Å². The Morgan fingerprint density at radius 3 is 2.80 bits per heavy atom. The van der Waals surface area contributed by atoms with Crippen LogP contribution in [0.3, 0.4) is 0 Å². The van der Waals surface area contributed by atoms with Crippen molar-refractivity contribution in [3.05, 3.63) is 23.7 Å². The number of methoxy groups -OCH3 is 1. The van der Waals surface area contributed by atoms with Gasteiger partial charge in [0.1, 0.15) is 11.9 Å². The lowest BCUT2D eigenvalue weighted by Crippen LogP contribution is -2.05. The molecule has 0 aliphatic rings. The van der Waals surface area contributed by atoms with Crippen LogP contribution in [0.4, 0.5) is 0 Å². The second-order valence-electron chi connectivity index (χ2n) is 3.01. The SMILES string of the molecule is COCCOC(C)c1ccc(C(=O)O)o1. The maximum absolute atomic E-state index is 10.5. The molecule has 5 nitrogen and oxygen atoms in total. The number of hydrogen-bond donors (Lipinski definition) is 1. The molecule has 1 unspecified atom stereocenters. The van der Waals surface area contributed by atoms with E-state index >= 15 is 0 Å². The third kappa shape index (κ3) is 3.38. The van der Waals surface area contributed by atoms with E-state index in [4.69, 9.17) is 19.0 Å². The molecule has 0 bridgehead atoms. The van der Waals surface area contributed by atoms with Gasteiger partial charge in [-0.05, 0) is 19.1 Å². The monoisotopic (exact) mass is 214 g/mol. The van der Waals surface area contributed by atoms with Crippen molar-refractivity contribution in [1.82, 2.24) is 0 Å². The highest BCUT2D eigenvalue weighted by molar-refractivity contribution is 5.84. The van der Waals surface area contributed by atoms with Crippen LogP contribution in [0.15, 0.2) is 16.5 Å². The Balaban J connectivity index is 2.50. The molecule has 0 aliphatic heterocycles. The van der Waals surface area contributed by atoms with Crippen molar-refractivity contribution >= 4 is 5.97 Å². The van der Waals surface area contributed by atoms with Crippen LogP contribution in [0.2, 0.25) is 0 Å². The molecule has 0 radical (unpaired) electrons. The number of aromatic carboxylic acids is 1. The van der Waals surface area contributed by atoms with Crippen LogP contribution in [-0.4, -0.2) is 31.4 Å². The van der Waals surface area contributed by atoms with Gasteiger partial charge in [-0.1, -0.05) is 0 Å². The Morgan fingerprint density at radius 1 is 1.53 bits per heavy atom. The first kappa shape index (κ1) is 11.7. The zero-order valence-electron chi connectivity index (χ0n) is 8.73. The lowest BCUT2D eigenvalue weighted by atomic mass is 10.3. The Bertz CT molecular complexity index is 317. The van der Waals surface area contributed by atoms with Crippen LogP contribution in [0.1, 0.15) is 29.3 Å². The number of carboxylic acids is 1. The van der Waals surface area contributed by atoms with Gasteiger partial charge in [0.05, 0.1) is 13.2 Å². The second kappa shape index (κ2) is 5.53. The summed E-state index contributed by atoms with van der Waals surface area (Å²) < 4.78 is 15.2. The molecular formula is C10H14O5. The van der Waals surface area contributed by atoms with E-state index in [1.54, 1.807) is 20.1 Å². The van der Waals surface area contributed by atoms with Crippen LogP contribution in [-0.2, 0) is 9.47 Å². The maximum Gasteiger partial charge on any atom is 0.371 e. The van der Waals surface area contributed by atoms with E-state index in [0.717, 1.165) is 0 Å². The molecule has 1 N–H and O–H groups in total. The highest BCUT2D eigenvalue weighted by atomic mass is 16.5. The zero-order valence-corrected chi connectivity index (χ0v) is 8.73. The Kier molecular flexibility index (Phi) is 4.33. The molecule has 1 aromatic rings. The molecule has 1 atom stereocenters. The van der Waals surface area contributed by atoms with Crippen molar-refractivity contribution in [2.75, 3.05) is 20.3 Å². The molecule has 0 spiro atoms. The summed E-state index contributed by atoms with van der Waals surface area (Å²) in [6, 6.07) is 3.01. The first-order valence-corrected chi connectivity index (χ1v) is 4.58. The third-order valence-corrected chi connectivity index (χ3v) is 1.89. The second-order valence-corrected chi connectivity index (χ2v) is 3.01. The summed E-state index contributed by atoms with van der Waals surface area (Å²) in [6.07, 6.45) is -0.270. The summed E-state index contributed by atoms with van der Waals surface area (Å²) in [5, 5.41) is 8.64. The van der Waals surface area contributed by atoms with Crippen molar-refractivity contribution in [2.24, 2.45) is 0 Å². The minimum absolute atomic E-state index is 0.0767. The highest BCUT2D eigenvalue weighted by Gasteiger charge is 2.14. The molecule has 1 heterocycles. The van der Waals surface area contributed by atoms with E-state index < -0.39 is 5.97 Å². The summed E-state index contributed by atoms with van der Waals surface area (Å²) in [5.41, 5.74) is 0. The fraction of sp³-hybridized carbons (Fsp3) is 0.500. The van der Waals surface area contributed by atoms with Gasteiger partial charge in [-0.25, -0.2) is 4.79 Å². The molecule has 1 rings (SSSR count). The molecule has 0 fully saturated rings. The maximum atomic E-state index is 10.5. The number of furan rings is 1. The van der Waals surface area contributed by atoms with Gasteiger partial charge in [0.25, 0.3) is 0 Å². The fourth-order valence-electron chi connectivity index (χ4n) is 1.08. The normalized spacial score (nSPS) is 12.7. The van der Waals surface area contributed by atoms with E-state index in [9.17, 15) is 4.79 Å². The largest absolute Gasteiger partial charge is 0.475 e. The van der Waals surface area contributed by atoms with E-state index in [0.29, 0.717) is 19.0 Å². The van der Waals surface area contributed by atoms with Crippen molar-refractivity contribution in [2.45, 2.75) is 13.0 Å². The summed E-state index contributed by atoms with van der Waals surface area (Å²) in [5.74, 6) is -0.652. The molecular weight excluding hydrogens is 200 g/mol. The van der Waals surface area contributed by atoms with Gasteiger partial charge in [-0.3, -0.25) is 0 Å². The van der Waals surface area contributed by atoms with Gasteiger partial charge < -0.3 is 19.0 Å². The van der Waals surface area contributed by atoms with Crippen molar-refractivity contribution < 1.29 is 23.8 Å². The summed E-state index contributed by atoms with van der Waals surface area (Å²) >= 11 is 0. The number of ether oxygens (including phenoxy) is 2. The van der Waals surface area contributed by atoms with Crippen LogP contribution < -0.4 is 0 Å². The van der Waals surface area contributed by atoms with E-state index in [-0.39, 0.29) is 11.9 Å². The van der Waals surface area contributed by atoms with Gasteiger partial charge in [0.2, 0.25) is 5.76 Å². The lowest BCUT2D eigenvalue weighted by Gasteiger charge is -2.09. The van der Waals surface area contributed by atoms with Gasteiger partial charge in [-0.15, -0.1) is 0 Å². The van der Waals surface area contributed by atoms with E-state index in [1.165, 1.54) is 6.07 Å². The summed E-state index contributed by atoms with van der Waals surface area (Å²) in [4.78, 5) is 10.5. The standard InChI is InChI=1S/C10H14O5/c1-7(14-6-5-13-2)8-3-4-9(15-8)10(11)12/h3-4,7H,5-6H2,1-2H3,(H,11,12). The minimum atomic E-state index is -1.08. The smallest absolute Gasteiger partial charge is 0.371 e. The molecule has 15 heavy (non-hydrogen) atoms.